The molecule has 1 saturated carbocycles. The zero-order valence-electron chi connectivity index (χ0n) is 14.6. The van der Waals surface area contributed by atoms with Gasteiger partial charge in [-0.2, -0.15) is 4.68 Å². The quantitative estimate of drug-likeness (QED) is 0.703. The lowest BCUT2D eigenvalue weighted by Gasteiger charge is -2.34. The summed E-state index contributed by atoms with van der Waals surface area (Å²) in [6.07, 6.45) is 2.07. The van der Waals surface area contributed by atoms with Crippen LogP contribution in [0.4, 0.5) is 20.2 Å². The molecule has 2 aliphatic rings. The zero-order valence-corrected chi connectivity index (χ0v) is 14.6. The molecule has 0 bridgehead atoms. The van der Waals surface area contributed by atoms with E-state index >= 15 is 0 Å². The molecule has 136 valence electrons. The molecule has 1 aromatic heterocycles. The second kappa shape index (κ2) is 5.35. The van der Waals surface area contributed by atoms with Crippen molar-refractivity contribution in [2.75, 3.05) is 10.6 Å². The van der Waals surface area contributed by atoms with Crippen LogP contribution in [0.2, 0.25) is 0 Å². The van der Waals surface area contributed by atoms with Crippen LogP contribution in [-0.4, -0.2) is 26.2 Å². The van der Waals surface area contributed by atoms with E-state index in [1.807, 2.05) is 13.0 Å². The fraction of sp³-hybridized carbons (Fsp3) is 0.211. The molecule has 0 radical (unpaired) electrons. The third-order valence-electron chi connectivity index (χ3n) is 5.19. The largest absolute Gasteiger partial charge is 0.396 e. The van der Waals surface area contributed by atoms with E-state index in [1.54, 1.807) is 10.7 Å². The number of halogens is 2. The van der Waals surface area contributed by atoms with Gasteiger partial charge in [-0.15, -0.1) is 5.10 Å². The minimum atomic E-state index is -0.644. The Morgan fingerprint density at radius 3 is 2.67 bits per heavy atom. The van der Waals surface area contributed by atoms with Crippen molar-refractivity contribution in [3.05, 3.63) is 53.9 Å². The number of rotatable bonds is 2. The van der Waals surface area contributed by atoms with E-state index in [4.69, 9.17) is 5.73 Å². The fourth-order valence-electron chi connectivity index (χ4n) is 3.73. The molecular formula is C19H16F2N6. The highest BCUT2D eigenvalue weighted by molar-refractivity contribution is 5.90. The number of benzene rings is 2. The minimum Gasteiger partial charge on any atom is -0.396 e. The maximum absolute atomic E-state index is 14.5. The van der Waals surface area contributed by atoms with E-state index in [2.05, 4.69) is 27.0 Å². The van der Waals surface area contributed by atoms with Gasteiger partial charge in [-0.1, -0.05) is 12.6 Å². The molecular weight excluding hydrogens is 350 g/mol. The molecule has 0 unspecified atom stereocenters. The molecule has 6 nitrogen and oxygen atoms in total. The summed E-state index contributed by atoms with van der Waals surface area (Å²) in [7, 11) is 0. The lowest BCUT2D eigenvalue weighted by Crippen LogP contribution is -2.31. The van der Waals surface area contributed by atoms with Gasteiger partial charge in [0.25, 0.3) is 0 Å². The predicted molar refractivity (Wildman–Crippen MR) is 98.2 cm³/mol. The molecule has 2 N–H and O–H groups in total. The number of anilines is 2. The van der Waals surface area contributed by atoms with Crippen molar-refractivity contribution in [1.82, 2.24) is 20.2 Å². The smallest absolute Gasteiger partial charge is 0.202 e. The van der Waals surface area contributed by atoms with Gasteiger partial charge in [0, 0.05) is 17.7 Å². The third-order valence-corrected chi connectivity index (χ3v) is 5.19. The standard InChI is InChI=1S/C19H16F2N6/c1-9-12(13-7-15(21)16(22)8-14(13)20)5-6-17-18(9)26(11-3-4-11)10(2)19-23-24-25-27(17)19/h5-8,11H,2-4,22H2,1H3. The van der Waals surface area contributed by atoms with Gasteiger partial charge in [-0.05, 0) is 53.5 Å². The zero-order chi connectivity index (χ0) is 18.9. The highest BCUT2D eigenvalue weighted by Gasteiger charge is 2.39. The van der Waals surface area contributed by atoms with Gasteiger partial charge in [0.1, 0.15) is 11.6 Å². The first kappa shape index (κ1) is 15.9. The van der Waals surface area contributed by atoms with Crippen molar-refractivity contribution >= 4 is 17.1 Å². The van der Waals surface area contributed by atoms with Crippen LogP contribution in [0.3, 0.4) is 0 Å². The first-order chi connectivity index (χ1) is 13.0. The maximum atomic E-state index is 14.5. The molecule has 2 heterocycles. The molecule has 1 aliphatic carbocycles. The molecule has 0 atom stereocenters. The predicted octanol–water partition coefficient (Wildman–Crippen LogP) is 3.45. The van der Waals surface area contributed by atoms with Crippen LogP contribution in [0.15, 0.2) is 30.8 Å². The lowest BCUT2D eigenvalue weighted by molar-refractivity contribution is 0.607. The molecule has 27 heavy (non-hydrogen) atoms. The molecule has 8 heteroatoms. The van der Waals surface area contributed by atoms with E-state index in [0.29, 0.717) is 23.1 Å². The number of nitrogens with zero attached hydrogens (tertiary/aromatic N) is 5. The average molecular weight is 366 g/mol. The summed E-state index contributed by atoms with van der Waals surface area (Å²) in [4.78, 5) is 2.12. The van der Waals surface area contributed by atoms with Crippen molar-refractivity contribution in [3.8, 4) is 16.8 Å². The van der Waals surface area contributed by atoms with Gasteiger partial charge >= 0.3 is 0 Å². The van der Waals surface area contributed by atoms with E-state index < -0.39 is 11.6 Å². The molecule has 1 aliphatic heterocycles. The van der Waals surface area contributed by atoms with E-state index in [9.17, 15) is 8.78 Å². The number of hydrogen-bond donors (Lipinski definition) is 1. The van der Waals surface area contributed by atoms with Gasteiger partial charge < -0.3 is 10.6 Å². The van der Waals surface area contributed by atoms with Crippen molar-refractivity contribution in [2.45, 2.75) is 25.8 Å². The van der Waals surface area contributed by atoms with Crippen molar-refractivity contribution < 1.29 is 8.78 Å². The van der Waals surface area contributed by atoms with E-state index in [0.717, 1.165) is 41.9 Å². The first-order valence-electron chi connectivity index (χ1n) is 8.63. The van der Waals surface area contributed by atoms with Gasteiger partial charge in [0.15, 0.2) is 0 Å². The van der Waals surface area contributed by atoms with E-state index in [1.165, 1.54) is 0 Å². The summed E-state index contributed by atoms with van der Waals surface area (Å²) < 4.78 is 30.2. The minimum absolute atomic E-state index is 0.172. The molecule has 1 fully saturated rings. The number of aromatic nitrogens is 4. The van der Waals surface area contributed by atoms with Crippen LogP contribution in [0.1, 0.15) is 24.2 Å². The van der Waals surface area contributed by atoms with Crippen LogP contribution < -0.4 is 10.6 Å². The van der Waals surface area contributed by atoms with Crippen molar-refractivity contribution in [1.29, 1.82) is 0 Å². The Hall–Kier alpha value is -3.29. The van der Waals surface area contributed by atoms with Crippen LogP contribution in [-0.2, 0) is 0 Å². The lowest BCUT2D eigenvalue weighted by atomic mass is 9.95. The van der Waals surface area contributed by atoms with E-state index in [-0.39, 0.29) is 11.3 Å². The van der Waals surface area contributed by atoms with Crippen molar-refractivity contribution in [3.63, 3.8) is 0 Å². The van der Waals surface area contributed by atoms with Gasteiger partial charge in [-0.3, -0.25) is 0 Å². The van der Waals surface area contributed by atoms with Crippen LogP contribution in [0.5, 0.6) is 0 Å². The van der Waals surface area contributed by atoms with Gasteiger partial charge in [-0.25, -0.2) is 8.78 Å². The van der Waals surface area contributed by atoms with Crippen LogP contribution in [0.25, 0.3) is 22.5 Å². The highest BCUT2D eigenvalue weighted by atomic mass is 19.1. The Morgan fingerprint density at radius 2 is 1.93 bits per heavy atom. The Bertz CT molecular complexity index is 1120. The Labute approximate surface area is 153 Å². The van der Waals surface area contributed by atoms with Gasteiger partial charge in [0.2, 0.25) is 5.82 Å². The van der Waals surface area contributed by atoms with Crippen LogP contribution in [0, 0.1) is 18.6 Å². The summed E-state index contributed by atoms with van der Waals surface area (Å²) in [6.45, 7) is 6.06. The second-order valence-corrected chi connectivity index (χ2v) is 6.92. The number of hydrogen-bond acceptors (Lipinski definition) is 5. The molecule has 0 amide bonds. The fourth-order valence-corrected chi connectivity index (χ4v) is 3.73. The summed E-state index contributed by atoms with van der Waals surface area (Å²) in [5, 5.41) is 11.9. The monoisotopic (exact) mass is 366 g/mol. The SMILES string of the molecule is C=C1c2nnnn2-c2ccc(-c3cc(F)c(N)cc3F)c(C)c2N1C1CC1. The molecule has 5 rings (SSSR count). The first-order valence-corrected chi connectivity index (χ1v) is 8.63. The molecule has 0 saturated heterocycles. The summed E-state index contributed by atoms with van der Waals surface area (Å²) in [5.41, 5.74) is 9.23. The summed E-state index contributed by atoms with van der Waals surface area (Å²) >= 11 is 0. The molecule has 0 spiro atoms. The number of nitrogens with two attached hydrogens (primary N) is 1. The normalized spacial score (nSPS) is 15.7. The second-order valence-electron chi connectivity index (χ2n) is 6.92. The Morgan fingerprint density at radius 1 is 1.15 bits per heavy atom. The Balaban J connectivity index is 1.78. The molecule has 2 aromatic carbocycles. The van der Waals surface area contributed by atoms with Gasteiger partial charge in [0.05, 0.1) is 22.8 Å². The summed E-state index contributed by atoms with van der Waals surface area (Å²) in [5.74, 6) is -0.617. The maximum Gasteiger partial charge on any atom is 0.202 e. The number of nitrogen functional groups attached to an aromatic ring is 1. The highest BCUT2D eigenvalue weighted by Crippen LogP contribution is 2.47. The Kier molecular flexibility index (Phi) is 3.16. The van der Waals surface area contributed by atoms with Crippen LogP contribution >= 0.6 is 0 Å². The number of tetrazole rings is 1. The summed E-state index contributed by atoms with van der Waals surface area (Å²) in [6, 6.07) is 6.05. The number of fused-ring (bicyclic) bond motifs is 3. The van der Waals surface area contributed by atoms with Crippen molar-refractivity contribution in [2.24, 2.45) is 0 Å². The molecule has 3 aromatic rings. The average Bonchev–Trinajstić information content (AvgIpc) is 3.34. The third kappa shape index (κ3) is 2.19. The topological polar surface area (TPSA) is 72.9 Å².